The molecule has 0 fully saturated rings. The fraction of sp³-hybridized carbons (Fsp3) is 0.400. The van der Waals surface area contributed by atoms with Gasteiger partial charge in [-0.15, -0.1) is 0 Å². The summed E-state index contributed by atoms with van der Waals surface area (Å²) in [5.74, 6) is -0.744. The largest absolute Gasteiger partial charge is 0.476 e. The van der Waals surface area contributed by atoms with Crippen LogP contribution in [0.25, 0.3) is 0 Å². The van der Waals surface area contributed by atoms with Gasteiger partial charge in [0.25, 0.3) is 5.88 Å². The Labute approximate surface area is 149 Å². The predicted molar refractivity (Wildman–Crippen MR) is 95.3 cm³/mol. The maximum absolute atomic E-state index is 11.5. The summed E-state index contributed by atoms with van der Waals surface area (Å²) in [4.78, 5) is 11.5. The van der Waals surface area contributed by atoms with Crippen molar-refractivity contribution >= 4 is 30.0 Å². The van der Waals surface area contributed by atoms with Crippen molar-refractivity contribution in [1.82, 2.24) is 15.0 Å². The molecule has 2 aromatic rings. The summed E-state index contributed by atoms with van der Waals surface area (Å²) in [6.07, 6.45) is 0. The van der Waals surface area contributed by atoms with Crippen LogP contribution in [0.1, 0.15) is 10.5 Å². The summed E-state index contributed by atoms with van der Waals surface area (Å²) in [6.45, 7) is 7.34. The lowest BCUT2D eigenvalue weighted by atomic mass is 10.3. The SMILES string of the molecule is C[Si](C)(C)CCOCn1nnc(Oc2ccc(Br)cc2)c1C(=O)O. The molecule has 0 saturated heterocycles. The van der Waals surface area contributed by atoms with E-state index in [0.29, 0.717) is 12.4 Å². The Bertz CT molecular complexity index is 698. The van der Waals surface area contributed by atoms with Crippen LogP contribution < -0.4 is 4.74 Å². The summed E-state index contributed by atoms with van der Waals surface area (Å²) in [5, 5.41) is 17.0. The molecule has 1 heterocycles. The van der Waals surface area contributed by atoms with Gasteiger partial charge in [-0.05, 0) is 30.3 Å². The van der Waals surface area contributed by atoms with Crippen LogP contribution in [0.15, 0.2) is 28.7 Å². The highest BCUT2D eigenvalue weighted by Crippen LogP contribution is 2.24. The molecule has 1 aromatic heterocycles. The molecule has 0 aliphatic heterocycles. The van der Waals surface area contributed by atoms with Gasteiger partial charge in [-0.25, -0.2) is 9.48 Å². The third kappa shape index (κ3) is 5.43. The summed E-state index contributed by atoms with van der Waals surface area (Å²) >= 11 is 3.33. The first kappa shape index (κ1) is 18.6. The van der Waals surface area contributed by atoms with Gasteiger partial charge in [-0.2, -0.15) is 0 Å². The van der Waals surface area contributed by atoms with Gasteiger partial charge in [0.15, 0.2) is 0 Å². The molecule has 0 radical (unpaired) electrons. The van der Waals surface area contributed by atoms with E-state index in [4.69, 9.17) is 9.47 Å². The van der Waals surface area contributed by atoms with Gasteiger partial charge >= 0.3 is 5.97 Å². The minimum Gasteiger partial charge on any atom is -0.476 e. The number of aromatic nitrogens is 3. The number of halogens is 1. The number of aromatic carboxylic acids is 1. The Morgan fingerprint density at radius 3 is 2.54 bits per heavy atom. The van der Waals surface area contributed by atoms with E-state index >= 15 is 0 Å². The van der Waals surface area contributed by atoms with Crippen LogP contribution in [0, 0.1) is 0 Å². The Kier molecular flexibility index (Phi) is 6.14. The van der Waals surface area contributed by atoms with Crippen molar-refractivity contribution in [2.75, 3.05) is 6.61 Å². The molecule has 24 heavy (non-hydrogen) atoms. The van der Waals surface area contributed by atoms with Crippen molar-refractivity contribution in [3.05, 3.63) is 34.4 Å². The fourth-order valence-corrected chi connectivity index (χ4v) is 2.82. The average Bonchev–Trinajstić information content (AvgIpc) is 2.88. The molecule has 2 rings (SSSR count). The minimum atomic E-state index is -1.20. The molecule has 0 bridgehead atoms. The molecule has 0 amide bonds. The van der Waals surface area contributed by atoms with Crippen molar-refractivity contribution in [2.24, 2.45) is 0 Å². The second kappa shape index (κ2) is 7.91. The second-order valence-corrected chi connectivity index (χ2v) is 13.0. The van der Waals surface area contributed by atoms with E-state index in [2.05, 4.69) is 45.9 Å². The van der Waals surface area contributed by atoms with Crippen molar-refractivity contribution in [3.63, 3.8) is 0 Å². The van der Waals surface area contributed by atoms with E-state index in [1.54, 1.807) is 24.3 Å². The highest BCUT2D eigenvalue weighted by molar-refractivity contribution is 9.10. The van der Waals surface area contributed by atoms with E-state index in [9.17, 15) is 9.90 Å². The third-order valence-electron chi connectivity index (χ3n) is 3.14. The van der Waals surface area contributed by atoms with E-state index in [0.717, 1.165) is 10.5 Å². The highest BCUT2D eigenvalue weighted by Gasteiger charge is 2.22. The number of rotatable bonds is 8. The zero-order valence-electron chi connectivity index (χ0n) is 13.8. The van der Waals surface area contributed by atoms with Crippen LogP contribution in [-0.4, -0.2) is 40.8 Å². The van der Waals surface area contributed by atoms with Gasteiger partial charge in [-0.3, -0.25) is 0 Å². The molecule has 0 spiro atoms. The maximum Gasteiger partial charge on any atom is 0.360 e. The Hall–Kier alpha value is -1.71. The van der Waals surface area contributed by atoms with Crippen molar-refractivity contribution in [2.45, 2.75) is 32.4 Å². The molecule has 0 aliphatic carbocycles. The quantitative estimate of drug-likeness (QED) is 0.522. The summed E-state index contributed by atoms with van der Waals surface area (Å²) < 4.78 is 13.1. The van der Waals surface area contributed by atoms with Gasteiger partial charge in [0, 0.05) is 19.2 Å². The van der Waals surface area contributed by atoms with Crippen molar-refractivity contribution < 1.29 is 19.4 Å². The average molecular weight is 414 g/mol. The zero-order chi connectivity index (χ0) is 17.7. The lowest BCUT2D eigenvalue weighted by Gasteiger charge is -2.15. The standard InChI is InChI=1S/C15H20BrN3O4Si/c1-24(2,3)9-8-22-10-19-13(15(20)21)14(17-18-19)23-12-6-4-11(16)5-7-12/h4-7H,8-10H2,1-3H3,(H,20,21). The first-order chi connectivity index (χ1) is 11.3. The number of hydrogen-bond acceptors (Lipinski definition) is 5. The van der Waals surface area contributed by atoms with E-state index < -0.39 is 14.0 Å². The van der Waals surface area contributed by atoms with Crippen LogP contribution in [0.4, 0.5) is 0 Å². The molecule has 130 valence electrons. The van der Waals surface area contributed by atoms with Gasteiger partial charge < -0.3 is 14.6 Å². The van der Waals surface area contributed by atoms with Crippen LogP contribution in [-0.2, 0) is 11.5 Å². The van der Waals surface area contributed by atoms with Crippen LogP contribution >= 0.6 is 15.9 Å². The number of benzene rings is 1. The zero-order valence-corrected chi connectivity index (χ0v) is 16.4. The van der Waals surface area contributed by atoms with Crippen LogP contribution in [0.5, 0.6) is 11.6 Å². The predicted octanol–water partition coefficient (Wildman–Crippen LogP) is 3.84. The third-order valence-corrected chi connectivity index (χ3v) is 5.38. The van der Waals surface area contributed by atoms with Crippen molar-refractivity contribution in [1.29, 1.82) is 0 Å². The van der Waals surface area contributed by atoms with Crippen LogP contribution in [0.2, 0.25) is 25.7 Å². The smallest absolute Gasteiger partial charge is 0.360 e. The maximum atomic E-state index is 11.5. The van der Waals surface area contributed by atoms with Gasteiger partial charge in [-0.1, -0.05) is 45.9 Å². The summed E-state index contributed by atoms with van der Waals surface area (Å²) in [6, 6.07) is 7.99. The lowest BCUT2D eigenvalue weighted by Crippen LogP contribution is -2.22. The first-order valence-corrected chi connectivity index (χ1v) is 11.9. The topological polar surface area (TPSA) is 86.5 Å². The van der Waals surface area contributed by atoms with Gasteiger partial charge in [0.2, 0.25) is 5.69 Å². The molecule has 0 aliphatic rings. The second-order valence-electron chi connectivity index (χ2n) is 6.45. The number of carboxylic acids is 1. The van der Waals surface area contributed by atoms with Gasteiger partial charge in [0.1, 0.15) is 12.5 Å². The number of carbonyl (C=O) groups is 1. The number of ether oxygens (including phenoxy) is 2. The van der Waals surface area contributed by atoms with Gasteiger partial charge in [0.05, 0.1) is 0 Å². The number of carboxylic acid groups (broad SMARTS) is 1. The van der Waals surface area contributed by atoms with Crippen LogP contribution in [0.3, 0.4) is 0 Å². The Balaban J connectivity index is 2.06. The molecule has 9 heteroatoms. The molecular formula is C15H20BrN3O4Si. The summed E-state index contributed by atoms with van der Waals surface area (Å²) in [7, 11) is -1.20. The number of nitrogens with zero attached hydrogens (tertiary/aromatic N) is 3. The molecular weight excluding hydrogens is 394 g/mol. The molecule has 1 N–H and O–H groups in total. The monoisotopic (exact) mass is 413 g/mol. The molecule has 0 unspecified atom stereocenters. The molecule has 0 saturated carbocycles. The molecule has 7 nitrogen and oxygen atoms in total. The molecule has 1 aromatic carbocycles. The van der Waals surface area contributed by atoms with E-state index in [-0.39, 0.29) is 18.3 Å². The highest BCUT2D eigenvalue weighted by atomic mass is 79.9. The van der Waals surface area contributed by atoms with Crippen molar-refractivity contribution in [3.8, 4) is 11.6 Å². The van der Waals surface area contributed by atoms with E-state index in [1.807, 2.05) is 0 Å². The van der Waals surface area contributed by atoms with E-state index in [1.165, 1.54) is 4.68 Å². The molecule has 0 atom stereocenters. The first-order valence-electron chi connectivity index (χ1n) is 7.44. The summed E-state index contributed by atoms with van der Waals surface area (Å²) in [5.41, 5.74) is -0.133. The number of hydrogen-bond donors (Lipinski definition) is 1. The normalized spacial score (nSPS) is 11.5. The fourth-order valence-electron chi connectivity index (χ4n) is 1.80. The Morgan fingerprint density at radius 2 is 1.96 bits per heavy atom. The minimum absolute atomic E-state index is 0.0306. The Morgan fingerprint density at radius 1 is 1.29 bits per heavy atom. The lowest BCUT2D eigenvalue weighted by molar-refractivity contribution is 0.0584.